The van der Waals surface area contributed by atoms with E-state index in [0.717, 1.165) is 5.69 Å². The van der Waals surface area contributed by atoms with Gasteiger partial charge in [-0.05, 0) is 29.8 Å². The fourth-order valence-electron chi connectivity index (χ4n) is 2.92. The maximum Gasteiger partial charge on any atom is 0.227 e. The van der Waals surface area contributed by atoms with Gasteiger partial charge in [0.05, 0.1) is 17.0 Å². The van der Waals surface area contributed by atoms with Crippen LogP contribution in [0.25, 0.3) is 0 Å². The number of piperazine rings is 1. The number of nitriles is 1. The lowest BCUT2D eigenvalue weighted by atomic mass is 10.1. The summed E-state index contributed by atoms with van der Waals surface area (Å²) in [7, 11) is 0. The number of hydrogen-bond donors (Lipinski definition) is 0. The van der Waals surface area contributed by atoms with Gasteiger partial charge in [0.25, 0.3) is 0 Å². The highest BCUT2D eigenvalue weighted by Crippen LogP contribution is 2.24. The van der Waals surface area contributed by atoms with Crippen molar-refractivity contribution in [3.8, 4) is 6.07 Å². The Kier molecular flexibility index (Phi) is 5.20. The Morgan fingerprint density at radius 1 is 1.16 bits per heavy atom. The van der Waals surface area contributed by atoms with Crippen LogP contribution in [0.3, 0.4) is 0 Å². The van der Waals surface area contributed by atoms with E-state index < -0.39 is 0 Å². The highest BCUT2D eigenvalue weighted by atomic mass is 35.5. The van der Waals surface area contributed by atoms with Crippen molar-refractivity contribution < 1.29 is 9.18 Å². The second-order valence-corrected chi connectivity index (χ2v) is 6.32. The molecule has 0 N–H and O–H groups in total. The average Bonchev–Trinajstić information content (AvgIpc) is 2.63. The third kappa shape index (κ3) is 3.92. The predicted octanol–water partition coefficient (Wildman–Crippen LogP) is 3.24. The maximum atomic E-state index is 13.7. The predicted molar refractivity (Wildman–Crippen MR) is 95.1 cm³/mol. The number of nitrogens with zero attached hydrogens (tertiary/aromatic N) is 3. The van der Waals surface area contributed by atoms with E-state index in [1.165, 1.54) is 6.07 Å². The van der Waals surface area contributed by atoms with Crippen molar-refractivity contribution in [1.29, 1.82) is 5.26 Å². The molecule has 0 spiro atoms. The Labute approximate surface area is 151 Å². The van der Waals surface area contributed by atoms with E-state index in [9.17, 15) is 9.18 Å². The second kappa shape index (κ2) is 7.54. The van der Waals surface area contributed by atoms with E-state index in [1.54, 1.807) is 35.2 Å². The van der Waals surface area contributed by atoms with Crippen molar-refractivity contribution in [1.82, 2.24) is 4.90 Å². The Morgan fingerprint density at radius 2 is 1.88 bits per heavy atom. The summed E-state index contributed by atoms with van der Waals surface area (Å²) in [5, 5.41) is 9.37. The van der Waals surface area contributed by atoms with Crippen molar-refractivity contribution in [2.24, 2.45) is 0 Å². The molecule has 1 heterocycles. The second-order valence-electron chi connectivity index (χ2n) is 5.91. The van der Waals surface area contributed by atoms with Crippen LogP contribution in [-0.4, -0.2) is 37.0 Å². The summed E-state index contributed by atoms with van der Waals surface area (Å²) in [5.74, 6) is -0.413. The Morgan fingerprint density at radius 3 is 2.52 bits per heavy atom. The van der Waals surface area contributed by atoms with Crippen molar-refractivity contribution in [2.75, 3.05) is 31.1 Å². The van der Waals surface area contributed by atoms with Crippen LogP contribution >= 0.6 is 11.6 Å². The standard InChI is InChI=1S/C19H17ClFN3O/c20-17-12-16(6-5-15(17)13-22)23-7-9-24(10-8-23)19(25)11-14-3-1-2-4-18(14)21/h1-6,12H,7-11H2. The topological polar surface area (TPSA) is 47.3 Å². The zero-order valence-electron chi connectivity index (χ0n) is 13.6. The molecule has 6 heteroatoms. The van der Waals surface area contributed by atoms with Gasteiger partial charge in [0.1, 0.15) is 11.9 Å². The van der Waals surface area contributed by atoms with Crippen molar-refractivity contribution >= 4 is 23.2 Å². The number of carbonyl (C=O) groups is 1. The van der Waals surface area contributed by atoms with Crippen LogP contribution < -0.4 is 4.90 Å². The van der Waals surface area contributed by atoms with Crippen LogP contribution in [-0.2, 0) is 11.2 Å². The number of carbonyl (C=O) groups excluding carboxylic acids is 1. The van der Waals surface area contributed by atoms with Gasteiger partial charge in [0.15, 0.2) is 0 Å². The molecule has 0 saturated carbocycles. The average molecular weight is 358 g/mol. The van der Waals surface area contributed by atoms with Gasteiger partial charge >= 0.3 is 0 Å². The Balaban J connectivity index is 1.60. The van der Waals surface area contributed by atoms with Crippen molar-refractivity contribution in [3.63, 3.8) is 0 Å². The van der Waals surface area contributed by atoms with Gasteiger partial charge in [-0.25, -0.2) is 4.39 Å². The first-order valence-corrected chi connectivity index (χ1v) is 8.42. The van der Waals surface area contributed by atoms with Crippen molar-refractivity contribution in [2.45, 2.75) is 6.42 Å². The number of rotatable bonds is 3. The normalized spacial score (nSPS) is 14.3. The summed E-state index contributed by atoms with van der Waals surface area (Å²) in [5.41, 5.74) is 1.81. The van der Waals surface area contributed by atoms with Crippen LogP contribution in [0.15, 0.2) is 42.5 Å². The molecule has 1 saturated heterocycles. The molecule has 1 aliphatic heterocycles. The highest BCUT2D eigenvalue weighted by Gasteiger charge is 2.22. The van der Waals surface area contributed by atoms with E-state index in [1.807, 2.05) is 12.1 Å². The van der Waals surface area contributed by atoms with Crippen LogP contribution in [0.2, 0.25) is 5.02 Å². The van der Waals surface area contributed by atoms with E-state index in [-0.39, 0.29) is 18.1 Å². The van der Waals surface area contributed by atoms with Crippen LogP contribution in [0.4, 0.5) is 10.1 Å². The Bertz CT molecular complexity index is 826. The number of benzene rings is 2. The summed E-state index contributed by atoms with van der Waals surface area (Å²) < 4.78 is 13.7. The van der Waals surface area contributed by atoms with Crippen LogP contribution in [0, 0.1) is 17.1 Å². The van der Waals surface area contributed by atoms with Gasteiger partial charge in [-0.3, -0.25) is 4.79 Å². The first kappa shape index (κ1) is 17.2. The summed E-state index contributed by atoms with van der Waals surface area (Å²) in [4.78, 5) is 16.3. The smallest absolute Gasteiger partial charge is 0.227 e. The third-order valence-electron chi connectivity index (χ3n) is 4.37. The molecule has 2 aromatic rings. The number of anilines is 1. The molecular weight excluding hydrogens is 341 g/mol. The molecule has 4 nitrogen and oxygen atoms in total. The van der Waals surface area contributed by atoms with E-state index in [2.05, 4.69) is 4.90 Å². The van der Waals surface area contributed by atoms with Crippen LogP contribution in [0.1, 0.15) is 11.1 Å². The third-order valence-corrected chi connectivity index (χ3v) is 4.68. The van der Waals surface area contributed by atoms with Gasteiger partial charge in [0.2, 0.25) is 5.91 Å². The quantitative estimate of drug-likeness (QED) is 0.847. The molecule has 1 fully saturated rings. The molecule has 0 radical (unpaired) electrons. The molecule has 0 bridgehead atoms. The Hall–Kier alpha value is -2.58. The summed E-state index contributed by atoms with van der Waals surface area (Å²) in [6, 6.07) is 13.7. The van der Waals surface area contributed by atoms with Gasteiger partial charge < -0.3 is 9.80 Å². The molecule has 0 atom stereocenters. The summed E-state index contributed by atoms with van der Waals surface area (Å²) >= 11 is 6.08. The number of hydrogen-bond acceptors (Lipinski definition) is 3. The molecule has 0 unspecified atom stereocenters. The summed E-state index contributed by atoms with van der Waals surface area (Å²) in [6.07, 6.45) is 0.0787. The fourth-order valence-corrected chi connectivity index (χ4v) is 3.14. The molecule has 1 aliphatic rings. The number of halogens is 2. The zero-order chi connectivity index (χ0) is 17.8. The molecule has 0 aliphatic carbocycles. The molecule has 0 aromatic heterocycles. The van der Waals surface area contributed by atoms with E-state index >= 15 is 0 Å². The van der Waals surface area contributed by atoms with Crippen LogP contribution in [0.5, 0.6) is 0 Å². The summed E-state index contributed by atoms with van der Waals surface area (Å²) in [6.45, 7) is 2.49. The molecule has 128 valence electrons. The van der Waals surface area contributed by atoms with Crippen molar-refractivity contribution in [3.05, 3.63) is 64.4 Å². The number of amides is 1. The molecule has 3 rings (SSSR count). The van der Waals surface area contributed by atoms with E-state index in [0.29, 0.717) is 42.3 Å². The van der Waals surface area contributed by atoms with Gasteiger partial charge in [0, 0.05) is 31.9 Å². The van der Waals surface area contributed by atoms with E-state index in [4.69, 9.17) is 16.9 Å². The lowest BCUT2D eigenvalue weighted by Gasteiger charge is -2.36. The largest absolute Gasteiger partial charge is 0.368 e. The first-order chi connectivity index (χ1) is 12.1. The molecule has 25 heavy (non-hydrogen) atoms. The zero-order valence-corrected chi connectivity index (χ0v) is 14.3. The monoisotopic (exact) mass is 357 g/mol. The van der Waals surface area contributed by atoms with Gasteiger partial charge in [-0.1, -0.05) is 29.8 Å². The lowest BCUT2D eigenvalue weighted by molar-refractivity contribution is -0.130. The lowest BCUT2D eigenvalue weighted by Crippen LogP contribution is -2.49. The van der Waals surface area contributed by atoms with Gasteiger partial charge in [-0.2, -0.15) is 5.26 Å². The maximum absolute atomic E-state index is 13.7. The minimum atomic E-state index is -0.346. The fraction of sp³-hybridized carbons (Fsp3) is 0.263. The SMILES string of the molecule is N#Cc1ccc(N2CCN(C(=O)Cc3ccccc3F)CC2)cc1Cl. The first-order valence-electron chi connectivity index (χ1n) is 8.04. The molecule has 1 amide bonds. The highest BCUT2D eigenvalue weighted by molar-refractivity contribution is 6.32. The van der Waals surface area contributed by atoms with Gasteiger partial charge in [-0.15, -0.1) is 0 Å². The molecule has 2 aromatic carbocycles. The molecular formula is C19H17ClFN3O. The minimum absolute atomic E-state index is 0.0670. The minimum Gasteiger partial charge on any atom is -0.368 e.